The summed E-state index contributed by atoms with van der Waals surface area (Å²) in [6, 6.07) is 10.7. The van der Waals surface area contributed by atoms with Gasteiger partial charge in [0.05, 0.1) is 6.07 Å². The molecule has 0 aliphatic carbocycles. The van der Waals surface area contributed by atoms with Crippen molar-refractivity contribution in [3.05, 3.63) is 52.8 Å². The van der Waals surface area contributed by atoms with Gasteiger partial charge in [0.25, 0.3) is 0 Å². The van der Waals surface area contributed by atoms with Gasteiger partial charge in [0, 0.05) is 16.9 Å². The maximum absolute atomic E-state index is 11.2. The van der Waals surface area contributed by atoms with Crippen LogP contribution in [0.25, 0.3) is 6.08 Å². The first-order valence-corrected chi connectivity index (χ1v) is 5.79. The molecule has 1 aromatic rings. The number of sulfone groups is 1. The average Bonchev–Trinajstić information content (AvgIpc) is 2.25. The summed E-state index contributed by atoms with van der Waals surface area (Å²) in [4.78, 5) is 0. The molecule has 0 N–H and O–H groups in total. The second-order valence-electron chi connectivity index (χ2n) is 2.73. The molecule has 0 saturated heterocycles. The summed E-state index contributed by atoms with van der Waals surface area (Å²) >= 11 is 0. The summed E-state index contributed by atoms with van der Waals surface area (Å²) in [5, 5.41) is 10.1. The van der Waals surface area contributed by atoms with E-state index < -0.39 is 9.84 Å². The molecule has 76 valence electrons. The molecule has 0 spiro atoms. The Morgan fingerprint density at radius 2 is 1.80 bits per heavy atom. The topological polar surface area (TPSA) is 57.9 Å². The minimum atomic E-state index is -3.43. The summed E-state index contributed by atoms with van der Waals surface area (Å²) in [5.41, 5.74) is 0.798. The van der Waals surface area contributed by atoms with Gasteiger partial charge in [-0.1, -0.05) is 30.3 Å². The van der Waals surface area contributed by atoms with E-state index in [2.05, 4.69) is 0 Å². The Kier molecular flexibility index (Phi) is 3.83. The van der Waals surface area contributed by atoms with Crippen molar-refractivity contribution in [3.8, 4) is 6.07 Å². The van der Waals surface area contributed by atoms with E-state index >= 15 is 0 Å². The zero-order chi connectivity index (χ0) is 11.1. The minimum absolute atomic E-state index is 0.798. The summed E-state index contributed by atoms with van der Waals surface area (Å²) in [7, 11) is -3.43. The summed E-state index contributed by atoms with van der Waals surface area (Å²) in [6.45, 7) is 0. The molecule has 15 heavy (non-hydrogen) atoms. The fourth-order valence-corrected chi connectivity index (χ4v) is 1.60. The minimum Gasteiger partial charge on any atom is -0.220 e. The molecule has 3 nitrogen and oxygen atoms in total. The molecule has 0 unspecified atom stereocenters. The Hall–Kier alpha value is -1.86. The normalized spacial score (nSPS) is 11.9. The smallest absolute Gasteiger partial charge is 0.193 e. The van der Waals surface area contributed by atoms with Crippen LogP contribution in [-0.4, -0.2) is 8.42 Å². The zero-order valence-electron chi connectivity index (χ0n) is 7.87. The largest absolute Gasteiger partial charge is 0.220 e. The lowest BCUT2D eigenvalue weighted by atomic mass is 10.2. The van der Waals surface area contributed by atoms with Crippen LogP contribution in [0.2, 0.25) is 0 Å². The molecule has 0 aromatic heterocycles. The molecule has 0 atom stereocenters. The van der Waals surface area contributed by atoms with E-state index in [1.54, 1.807) is 18.2 Å². The molecule has 1 aromatic carbocycles. The third kappa shape index (κ3) is 4.25. The van der Waals surface area contributed by atoms with E-state index in [4.69, 9.17) is 5.26 Å². The molecule has 0 aliphatic rings. The number of allylic oxidation sites excluding steroid dienone is 1. The molecule has 4 heteroatoms. The predicted molar refractivity (Wildman–Crippen MR) is 59.1 cm³/mol. The SMILES string of the molecule is N#C/C=C/S(=O)(=O)/C=C/c1ccccc1. The third-order valence-corrected chi connectivity index (χ3v) is 2.61. The molecule has 0 aliphatic heterocycles. The summed E-state index contributed by atoms with van der Waals surface area (Å²) in [5.74, 6) is 0. The molecule has 0 bridgehead atoms. The van der Waals surface area contributed by atoms with Crippen LogP contribution < -0.4 is 0 Å². The summed E-state index contributed by atoms with van der Waals surface area (Å²) < 4.78 is 22.5. The third-order valence-electron chi connectivity index (χ3n) is 1.58. The highest BCUT2D eigenvalue weighted by Gasteiger charge is 1.97. The molecule has 1 rings (SSSR count). The van der Waals surface area contributed by atoms with Crippen molar-refractivity contribution in [2.45, 2.75) is 0 Å². The van der Waals surface area contributed by atoms with Gasteiger partial charge in [0.15, 0.2) is 9.84 Å². The number of rotatable bonds is 3. The van der Waals surface area contributed by atoms with Gasteiger partial charge in [0.2, 0.25) is 0 Å². The van der Waals surface area contributed by atoms with Crippen molar-refractivity contribution >= 4 is 15.9 Å². The Balaban J connectivity index is 2.84. The first-order chi connectivity index (χ1) is 7.14. The van der Waals surface area contributed by atoms with E-state index in [1.165, 1.54) is 6.08 Å². The lowest BCUT2D eigenvalue weighted by molar-refractivity contribution is 0.613. The van der Waals surface area contributed by atoms with Crippen molar-refractivity contribution < 1.29 is 8.42 Å². The van der Waals surface area contributed by atoms with E-state index in [0.717, 1.165) is 22.5 Å². The van der Waals surface area contributed by atoms with Crippen LogP contribution in [0, 0.1) is 11.3 Å². The molecule has 0 heterocycles. The first kappa shape index (κ1) is 11.2. The Bertz CT molecular complexity index is 507. The Morgan fingerprint density at radius 3 is 2.40 bits per heavy atom. The Morgan fingerprint density at radius 1 is 1.13 bits per heavy atom. The maximum Gasteiger partial charge on any atom is 0.193 e. The molecule has 0 radical (unpaired) electrons. The van der Waals surface area contributed by atoms with Crippen LogP contribution >= 0.6 is 0 Å². The average molecular weight is 219 g/mol. The highest BCUT2D eigenvalue weighted by molar-refractivity contribution is 7.97. The van der Waals surface area contributed by atoms with Crippen LogP contribution in [0.1, 0.15) is 5.56 Å². The monoisotopic (exact) mass is 219 g/mol. The van der Waals surface area contributed by atoms with Crippen molar-refractivity contribution in [2.24, 2.45) is 0 Å². The van der Waals surface area contributed by atoms with Crippen LogP contribution in [0.3, 0.4) is 0 Å². The van der Waals surface area contributed by atoms with Crippen LogP contribution in [-0.2, 0) is 9.84 Å². The second-order valence-corrected chi connectivity index (χ2v) is 4.46. The van der Waals surface area contributed by atoms with Crippen LogP contribution in [0.4, 0.5) is 0 Å². The van der Waals surface area contributed by atoms with Crippen molar-refractivity contribution in [1.82, 2.24) is 0 Å². The van der Waals surface area contributed by atoms with Gasteiger partial charge in [-0.3, -0.25) is 0 Å². The van der Waals surface area contributed by atoms with Gasteiger partial charge in [-0.15, -0.1) is 0 Å². The number of nitriles is 1. The van der Waals surface area contributed by atoms with E-state index in [9.17, 15) is 8.42 Å². The highest BCUT2D eigenvalue weighted by atomic mass is 32.2. The van der Waals surface area contributed by atoms with Crippen molar-refractivity contribution in [1.29, 1.82) is 5.26 Å². The van der Waals surface area contributed by atoms with Gasteiger partial charge in [-0.05, 0) is 11.6 Å². The zero-order valence-corrected chi connectivity index (χ0v) is 8.68. The molecular formula is C11H9NO2S. The Labute approximate surface area is 88.9 Å². The fourth-order valence-electron chi connectivity index (χ4n) is 0.908. The van der Waals surface area contributed by atoms with Gasteiger partial charge >= 0.3 is 0 Å². The lowest BCUT2D eigenvalue weighted by Crippen LogP contribution is -1.87. The van der Waals surface area contributed by atoms with E-state index in [-0.39, 0.29) is 0 Å². The number of hydrogen-bond acceptors (Lipinski definition) is 3. The highest BCUT2D eigenvalue weighted by Crippen LogP contribution is 2.04. The number of hydrogen-bond donors (Lipinski definition) is 0. The van der Waals surface area contributed by atoms with Gasteiger partial charge < -0.3 is 0 Å². The molecular weight excluding hydrogens is 210 g/mol. The van der Waals surface area contributed by atoms with E-state index in [1.807, 2.05) is 18.2 Å². The van der Waals surface area contributed by atoms with Crippen molar-refractivity contribution in [2.75, 3.05) is 0 Å². The standard InChI is InChI=1S/C11H9NO2S/c12-8-4-9-15(13,14)10-7-11-5-2-1-3-6-11/h1-7,9-10H/b9-4+,10-7+. The molecule has 0 amide bonds. The van der Waals surface area contributed by atoms with Crippen molar-refractivity contribution in [3.63, 3.8) is 0 Å². The van der Waals surface area contributed by atoms with Gasteiger partial charge in [-0.2, -0.15) is 5.26 Å². The summed E-state index contributed by atoms with van der Waals surface area (Å²) in [6.07, 6.45) is 2.42. The van der Waals surface area contributed by atoms with E-state index in [0.29, 0.717) is 0 Å². The predicted octanol–water partition coefficient (Wildman–Crippen LogP) is 2.11. The van der Waals surface area contributed by atoms with Crippen LogP contribution in [0.15, 0.2) is 47.2 Å². The maximum atomic E-state index is 11.2. The molecule has 0 saturated carbocycles. The van der Waals surface area contributed by atoms with Gasteiger partial charge in [0.1, 0.15) is 0 Å². The quantitative estimate of drug-likeness (QED) is 0.731. The first-order valence-electron chi connectivity index (χ1n) is 4.18. The second kappa shape index (κ2) is 5.13. The number of benzene rings is 1. The van der Waals surface area contributed by atoms with Crippen LogP contribution in [0.5, 0.6) is 0 Å². The lowest BCUT2D eigenvalue weighted by Gasteiger charge is -1.90. The molecule has 0 fully saturated rings. The fraction of sp³-hybridized carbons (Fsp3) is 0. The number of nitrogens with zero attached hydrogens (tertiary/aromatic N) is 1. The van der Waals surface area contributed by atoms with Gasteiger partial charge in [-0.25, -0.2) is 8.42 Å².